The molecule has 0 aromatic heterocycles. The number of hydrogen-bond donors (Lipinski definition) is 2. The molecule has 1 saturated heterocycles. The molecule has 2 N–H and O–H groups in total. The number of ether oxygens (including phenoxy) is 1. The lowest BCUT2D eigenvalue weighted by Gasteiger charge is -2.26. The van der Waals surface area contributed by atoms with E-state index in [-0.39, 0.29) is 43.4 Å². The highest BCUT2D eigenvalue weighted by atomic mass is 16.5. The van der Waals surface area contributed by atoms with Gasteiger partial charge in [-0.2, -0.15) is 0 Å². The van der Waals surface area contributed by atoms with E-state index in [9.17, 15) is 14.4 Å². The molecule has 2 aromatic rings. The van der Waals surface area contributed by atoms with Gasteiger partial charge in [-0.3, -0.25) is 9.59 Å². The third-order valence-electron chi connectivity index (χ3n) is 6.69. The molecule has 0 bridgehead atoms. The van der Waals surface area contributed by atoms with E-state index >= 15 is 0 Å². The number of carboxylic acids is 1. The zero-order chi connectivity index (χ0) is 23.4. The summed E-state index contributed by atoms with van der Waals surface area (Å²) in [4.78, 5) is 38.1. The van der Waals surface area contributed by atoms with Crippen molar-refractivity contribution in [2.75, 3.05) is 13.2 Å². The average molecular weight is 451 g/mol. The molecule has 0 saturated carbocycles. The Labute approximate surface area is 193 Å². The van der Waals surface area contributed by atoms with E-state index in [1.165, 1.54) is 11.1 Å². The summed E-state index contributed by atoms with van der Waals surface area (Å²) < 4.78 is 5.60. The standard InChI is InChI=1S/C26H30N2O5/c1-2-17(14-24(29)28-13-7-8-18(28)15-25(30)31)27-26(32)33-16-23-21-11-5-3-9-19(21)20-10-4-6-12-22(20)23/h3-6,9-12,17-18,23H,2,7-8,13-16H2,1H3,(H,27,32)(H,30,31)/t17?,18-/m1/s1. The number of carbonyl (C=O) groups excluding carboxylic acids is 2. The molecule has 7 nitrogen and oxygen atoms in total. The van der Waals surface area contributed by atoms with E-state index in [2.05, 4.69) is 29.6 Å². The van der Waals surface area contributed by atoms with Crippen LogP contribution in [0, 0.1) is 0 Å². The smallest absolute Gasteiger partial charge is 0.407 e. The summed E-state index contributed by atoms with van der Waals surface area (Å²) in [7, 11) is 0. The SMILES string of the molecule is CCC(CC(=O)N1CCC[C@@H]1CC(=O)O)NC(=O)OCC1c2ccccc2-c2ccccc21. The molecule has 1 unspecified atom stereocenters. The van der Waals surface area contributed by atoms with Gasteiger partial charge in [-0.1, -0.05) is 55.5 Å². The molecule has 7 heteroatoms. The van der Waals surface area contributed by atoms with Gasteiger partial charge in [-0.15, -0.1) is 0 Å². The minimum atomic E-state index is -0.900. The lowest BCUT2D eigenvalue weighted by molar-refractivity contribution is -0.140. The number of fused-ring (bicyclic) bond motifs is 3. The van der Waals surface area contributed by atoms with Gasteiger partial charge in [0.2, 0.25) is 5.91 Å². The van der Waals surface area contributed by atoms with Gasteiger partial charge in [0.05, 0.1) is 6.42 Å². The molecule has 174 valence electrons. The van der Waals surface area contributed by atoms with Crippen LogP contribution in [0.1, 0.15) is 56.1 Å². The fourth-order valence-corrected chi connectivity index (χ4v) is 5.01. The Morgan fingerprint density at radius 1 is 1.09 bits per heavy atom. The fourth-order valence-electron chi connectivity index (χ4n) is 5.01. The van der Waals surface area contributed by atoms with Crippen molar-refractivity contribution < 1.29 is 24.2 Å². The molecule has 2 atom stereocenters. The number of carboxylic acid groups (broad SMARTS) is 1. The number of carbonyl (C=O) groups is 3. The lowest BCUT2D eigenvalue weighted by atomic mass is 9.98. The molecule has 2 aromatic carbocycles. The van der Waals surface area contributed by atoms with Crippen LogP contribution in [0.15, 0.2) is 48.5 Å². The van der Waals surface area contributed by atoms with Crippen molar-refractivity contribution in [2.24, 2.45) is 0 Å². The van der Waals surface area contributed by atoms with Crippen molar-refractivity contribution in [2.45, 2.75) is 57.0 Å². The van der Waals surface area contributed by atoms with Gasteiger partial charge >= 0.3 is 12.1 Å². The number of hydrogen-bond acceptors (Lipinski definition) is 4. The Balaban J connectivity index is 1.34. The second kappa shape index (κ2) is 10.1. The van der Waals surface area contributed by atoms with Gasteiger partial charge in [0.1, 0.15) is 6.61 Å². The van der Waals surface area contributed by atoms with Gasteiger partial charge in [-0.05, 0) is 41.5 Å². The number of amides is 2. The average Bonchev–Trinajstić information content (AvgIpc) is 3.39. The van der Waals surface area contributed by atoms with Gasteiger partial charge < -0.3 is 20.1 Å². The third-order valence-corrected chi connectivity index (χ3v) is 6.69. The number of rotatable bonds is 8. The van der Waals surface area contributed by atoms with Crippen molar-refractivity contribution in [3.05, 3.63) is 59.7 Å². The Kier molecular flexibility index (Phi) is 6.96. The van der Waals surface area contributed by atoms with E-state index in [1.54, 1.807) is 4.90 Å². The number of nitrogens with zero attached hydrogens (tertiary/aromatic N) is 1. The van der Waals surface area contributed by atoms with Gasteiger partial charge in [0, 0.05) is 31.0 Å². The quantitative estimate of drug-likeness (QED) is 0.630. The summed E-state index contributed by atoms with van der Waals surface area (Å²) >= 11 is 0. The Morgan fingerprint density at radius 2 is 1.73 bits per heavy atom. The predicted molar refractivity (Wildman–Crippen MR) is 124 cm³/mol. The minimum Gasteiger partial charge on any atom is -0.481 e. The molecule has 1 aliphatic carbocycles. The lowest BCUT2D eigenvalue weighted by Crippen LogP contribution is -2.43. The van der Waals surface area contributed by atoms with Crippen LogP contribution in [0.2, 0.25) is 0 Å². The van der Waals surface area contributed by atoms with Crippen LogP contribution in [0.5, 0.6) is 0 Å². The van der Waals surface area contributed by atoms with Gasteiger partial charge in [0.25, 0.3) is 0 Å². The minimum absolute atomic E-state index is 0.0220. The molecule has 4 rings (SSSR count). The molecule has 1 heterocycles. The maximum absolute atomic E-state index is 12.8. The van der Waals surface area contributed by atoms with E-state index in [1.807, 2.05) is 31.2 Å². The second-order valence-electron chi connectivity index (χ2n) is 8.76. The first-order valence-corrected chi connectivity index (χ1v) is 11.6. The van der Waals surface area contributed by atoms with Crippen LogP contribution in [-0.4, -0.2) is 53.2 Å². The molecule has 2 aliphatic rings. The summed E-state index contributed by atoms with van der Waals surface area (Å²) in [5, 5.41) is 11.9. The normalized spacial score (nSPS) is 17.8. The highest BCUT2D eigenvalue weighted by molar-refractivity contribution is 5.80. The van der Waals surface area contributed by atoms with E-state index in [0.717, 1.165) is 17.5 Å². The first-order valence-electron chi connectivity index (χ1n) is 11.6. The highest BCUT2D eigenvalue weighted by Gasteiger charge is 2.32. The summed E-state index contributed by atoms with van der Waals surface area (Å²) in [6.45, 7) is 2.69. The van der Waals surface area contributed by atoms with E-state index in [0.29, 0.717) is 19.4 Å². The number of benzene rings is 2. The van der Waals surface area contributed by atoms with Crippen molar-refractivity contribution in [1.29, 1.82) is 0 Å². The number of aliphatic carboxylic acids is 1. The number of alkyl carbamates (subject to hydrolysis) is 1. The van der Waals surface area contributed by atoms with Crippen LogP contribution in [0.3, 0.4) is 0 Å². The first-order chi connectivity index (χ1) is 16.0. The maximum atomic E-state index is 12.8. The highest BCUT2D eigenvalue weighted by Crippen LogP contribution is 2.44. The Hall–Kier alpha value is -3.35. The van der Waals surface area contributed by atoms with Gasteiger partial charge in [-0.25, -0.2) is 4.79 Å². The van der Waals surface area contributed by atoms with E-state index < -0.39 is 12.1 Å². The maximum Gasteiger partial charge on any atom is 0.407 e. The summed E-state index contributed by atoms with van der Waals surface area (Å²) in [6.07, 6.45) is 1.64. The molecular formula is C26H30N2O5. The van der Waals surface area contributed by atoms with E-state index in [4.69, 9.17) is 9.84 Å². The number of nitrogens with one attached hydrogen (secondary N) is 1. The monoisotopic (exact) mass is 450 g/mol. The molecule has 0 radical (unpaired) electrons. The van der Waals surface area contributed by atoms with Crippen LogP contribution in [0.4, 0.5) is 4.79 Å². The van der Waals surface area contributed by atoms with Crippen LogP contribution in [0.25, 0.3) is 11.1 Å². The topological polar surface area (TPSA) is 95.9 Å². The molecule has 1 aliphatic heterocycles. The molecule has 2 amide bonds. The zero-order valence-electron chi connectivity index (χ0n) is 18.8. The van der Waals surface area contributed by atoms with Gasteiger partial charge in [0.15, 0.2) is 0 Å². The Morgan fingerprint density at radius 3 is 2.33 bits per heavy atom. The van der Waals surface area contributed by atoms with Crippen molar-refractivity contribution >= 4 is 18.0 Å². The summed E-state index contributed by atoms with van der Waals surface area (Å²) in [5.41, 5.74) is 4.63. The first kappa shape index (κ1) is 22.8. The molecule has 1 fully saturated rings. The van der Waals surface area contributed by atoms with Crippen LogP contribution < -0.4 is 5.32 Å². The van der Waals surface area contributed by atoms with Crippen LogP contribution >= 0.6 is 0 Å². The predicted octanol–water partition coefficient (Wildman–Crippen LogP) is 4.16. The van der Waals surface area contributed by atoms with Crippen LogP contribution in [-0.2, 0) is 14.3 Å². The fraction of sp³-hybridized carbons (Fsp3) is 0.423. The van der Waals surface area contributed by atoms with Crippen molar-refractivity contribution in [1.82, 2.24) is 10.2 Å². The zero-order valence-corrected chi connectivity index (χ0v) is 18.8. The largest absolute Gasteiger partial charge is 0.481 e. The summed E-state index contributed by atoms with van der Waals surface area (Å²) in [5.74, 6) is -1.04. The van der Waals surface area contributed by atoms with Crippen molar-refractivity contribution in [3.63, 3.8) is 0 Å². The molecule has 33 heavy (non-hydrogen) atoms. The molecular weight excluding hydrogens is 420 g/mol. The van der Waals surface area contributed by atoms with Crippen molar-refractivity contribution in [3.8, 4) is 11.1 Å². The summed E-state index contributed by atoms with van der Waals surface area (Å²) in [6, 6.07) is 15.7. The molecule has 0 spiro atoms. The number of likely N-dealkylation sites (tertiary alicyclic amines) is 1. The Bertz CT molecular complexity index is 991. The second-order valence-corrected chi connectivity index (χ2v) is 8.76. The third kappa shape index (κ3) is 5.02.